The fourth-order valence-electron chi connectivity index (χ4n) is 2.46. The van der Waals surface area contributed by atoms with E-state index in [0.717, 1.165) is 18.9 Å². The van der Waals surface area contributed by atoms with Gasteiger partial charge in [0, 0.05) is 32.4 Å². The van der Waals surface area contributed by atoms with Crippen LogP contribution in [0.15, 0.2) is 29.5 Å². The van der Waals surface area contributed by atoms with Gasteiger partial charge in [-0.15, -0.1) is 0 Å². The molecule has 0 radical (unpaired) electrons. The summed E-state index contributed by atoms with van der Waals surface area (Å²) in [5.41, 5.74) is 12.2. The molecule has 3 rings (SSSR count). The van der Waals surface area contributed by atoms with E-state index >= 15 is 0 Å². The van der Waals surface area contributed by atoms with Crippen molar-refractivity contribution >= 4 is 23.0 Å². The van der Waals surface area contributed by atoms with Crippen molar-refractivity contribution in [2.24, 2.45) is 0 Å². The number of nitrogens with one attached hydrogen (secondary N) is 1. The summed E-state index contributed by atoms with van der Waals surface area (Å²) in [5, 5.41) is 0. The lowest BCUT2D eigenvalue weighted by Crippen LogP contribution is -2.47. The summed E-state index contributed by atoms with van der Waals surface area (Å²) in [7, 11) is 0. The van der Waals surface area contributed by atoms with Crippen LogP contribution in [0.3, 0.4) is 0 Å². The number of hydrogen-bond donors (Lipinski definition) is 3. The zero-order chi connectivity index (χ0) is 14.8. The Hall–Kier alpha value is -2.77. The van der Waals surface area contributed by atoms with Gasteiger partial charge in [-0.1, -0.05) is 0 Å². The lowest BCUT2D eigenvalue weighted by atomic mass is 10.2. The van der Waals surface area contributed by atoms with E-state index in [1.54, 1.807) is 6.20 Å². The minimum Gasteiger partial charge on any atom is -0.396 e. The number of anilines is 4. The van der Waals surface area contributed by atoms with E-state index in [-0.39, 0.29) is 11.2 Å². The van der Waals surface area contributed by atoms with Crippen LogP contribution in [0.1, 0.15) is 0 Å². The molecule has 0 aromatic carbocycles. The average molecular weight is 287 g/mol. The molecule has 3 heterocycles. The summed E-state index contributed by atoms with van der Waals surface area (Å²) in [6.07, 6.45) is 3.10. The van der Waals surface area contributed by atoms with Crippen molar-refractivity contribution < 1.29 is 0 Å². The zero-order valence-corrected chi connectivity index (χ0v) is 11.5. The van der Waals surface area contributed by atoms with Crippen molar-refractivity contribution in [3.63, 3.8) is 0 Å². The second kappa shape index (κ2) is 5.31. The Balaban J connectivity index is 1.75. The number of nitrogens with two attached hydrogens (primary N) is 2. The van der Waals surface area contributed by atoms with Gasteiger partial charge in [-0.3, -0.25) is 4.79 Å². The molecule has 0 aliphatic carbocycles. The Morgan fingerprint density at radius 1 is 1.05 bits per heavy atom. The van der Waals surface area contributed by atoms with Gasteiger partial charge in [-0.05, 0) is 12.1 Å². The van der Waals surface area contributed by atoms with Gasteiger partial charge in [0.25, 0.3) is 5.56 Å². The minimum atomic E-state index is -0.309. The Morgan fingerprint density at radius 3 is 2.38 bits per heavy atom. The van der Waals surface area contributed by atoms with Crippen molar-refractivity contribution in [1.82, 2.24) is 15.0 Å². The van der Waals surface area contributed by atoms with E-state index in [2.05, 4.69) is 19.9 Å². The lowest BCUT2D eigenvalue weighted by molar-refractivity contribution is 0.642. The molecule has 2 aromatic rings. The van der Waals surface area contributed by atoms with Crippen LogP contribution < -0.4 is 26.8 Å². The van der Waals surface area contributed by atoms with Gasteiger partial charge in [0.05, 0.1) is 12.0 Å². The number of piperazine rings is 1. The molecule has 5 N–H and O–H groups in total. The number of H-pyrrole nitrogens is 1. The first kappa shape index (κ1) is 13.2. The summed E-state index contributed by atoms with van der Waals surface area (Å²) < 4.78 is 0. The van der Waals surface area contributed by atoms with Crippen LogP contribution in [0, 0.1) is 0 Å². The van der Waals surface area contributed by atoms with Crippen molar-refractivity contribution in [2.75, 3.05) is 47.4 Å². The Labute approximate surface area is 121 Å². The number of nitrogens with zero attached hydrogens (tertiary/aromatic N) is 4. The molecular formula is C13H17N7O. The first-order valence-electron chi connectivity index (χ1n) is 6.70. The monoisotopic (exact) mass is 287 g/mol. The van der Waals surface area contributed by atoms with E-state index in [0.29, 0.717) is 24.6 Å². The van der Waals surface area contributed by atoms with Crippen molar-refractivity contribution in [3.05, 3.63) is 35.0 Å². The number of hydrogen-bond acceptors (Lipinski definition) is 7. The van der Waals surface area contributed by atoms with Crippen LogP contribution >= 0.6 is 0 Å². The maximum Gasteiger partial charge on any atom is 0.276 e. The quantitative estimate of drug-likeness (QED) is 0.691. The molecule has 0 bridgehead atoms. The molecule has 1 aliphatic rings. The second-order valence-corrected chi connectivity index (χ2v) is 4.86. The highest BCUT2D eigenvalue weighted by molar-refractivity contribution is 5.64. The van der Waals surface area contributed by atoms with Crippen LogP contribution in [0.4, 0.5) is 23.0 Å². The van der Waals surface area contributed by atoms with Crippen LogP contribution in [0.2, 0.25) is 0 Å². The highest BCUT2D eigenvalue weighted by atomic mass is 16.1. The molecule has 8 heteroatoms. The Kier molecular flexibility index (Phi) is 3.35. The molecular weight excluding hydrogens is 270 g/mol. The first-order valence-corrected chi connectivity index (χ1v) is 6.70. The van der Waals surface area contributed by atoms with Crippen molar-refractivity contribution in [3.8, 4) is 0 Å². The fourth-order valence-corrected chi connectivity index (χ4v) is 2.46. The minimum absolute atomic E-state index is 0.156. The Morgan fingerprint density at radius 2 is 1.71 bits per heavy atom. The van der Waals surface area contributed by atoms with Crippen LogP contribution in [-0.2, 0) is 0 Å². The SMILES string of the molecule is Nc1cccnc1N1CCN(c2nc[nH]c(=O)c2N)CC1. The Bertz CT molecular complexity index is 691. The number of pyridine rings is 1. The van der Waals surface area contributed by atoms with E-state index in [1.807, 2.05) is 17.0 Å². The smallest absolute Gasteiger partial charge is 0.276 e. The molecule has 0 atom stereocenters. The van der Waals surface area contributed by atoms with Gasteiger partial charge >= 0.3 is 0 Å². The number of aromatic amines is 1. The van der Waals surface area contributed by atoms with Gasteiger partial charge in [0.2, 0.25) is 0 Å². The van der Waals surface area contributed by atoms with Gasteiger partial charge in [0.15, 0.2) is 11.6 Å². The molecule has 110 valence electrons. The van der Waals surface area contributed by atoms with Gasteiger partial charge in [0.1, 0.15) is 5.69 Å². The normalized spacial score (nSPS) is 15.2. The number of nitrogen functional groups attached to an aromatic ring is 2. The molecule has 1 saturated heterocycles. The second-order valence-electron chi connectivity index (χ2n) is 4.86. The third kappa shape index (κ3) is 2.47. The summed E-state index contributed by atoms with van der Waals surface area (Å²) >= 11 is 0. The van der Waals surface area contributed by atoms with E-state index < -0.39 is 0 Å². The van der Waals surface area contributed by atoms with Crippen LogP contribution in [0.5, 0.6) is 0 Å². The van der Waals surface area contributed by atoms with E-state index in [9.17, 15) is 4.79 Å². The lowest BCUT2D eigenvalue weighted by Gasteiger charge is -2.36. The van der Waals surface area contributed by atoms with Crippen LogP contribution in [-0.4, -0.2) is 41.1 Å². The molecule has 0 spiro atoms. The third-order valence-corrected chi connectivity index (χ3v) is 3.56. The third-order valence-electron chi connectivity index (χ3n) is 3.56. The predicted molar refractivity (Wildman–Crippen MR) is 82.3 cm³/mol. The summed E-state index contributed by atoms with van der Waals surface area (Å²) in [6.45, 7) is 2.90. The molecule has 1 aliphatic heterocycles. The number of aromatic nitrogens is 3. The molecule has 0 saturated carbocycles. The maximum absolute atomic E-state index is 11.5. The van der Waals surface area contributed by atoms with Gasteiger partial charge in [-0.25, -0.2) is 9.97 Å². The van der Waals surface area contributed by atoms with Crippen molar-refractivity contribution in [1.29, 1.82) is 0 Å². The van der Waals surface area contributed by atoms with Crippen LogP contribution in [0.25, 0.3) is 0 Å². The first-order chi connectivity index (χ1) is 10.2. The molecule has 0 unspecified atom stereocenters. The van der Waals surface area contributed by atoms with Gasteiger partial charge < -0.3 is 26.3 Å². The summed E-state index contributed by atoms with van der Waals surface area (Å²) in [5.74, 6) is 1.33. The molecule has 2 aromatic heterocycles. The average Bonchev–Trinajstić information content (AvgIpc) is 2.51. The van der Waals surface area contributed by atoms with E-state index in [1.165, 1.54) is 6.33 Å². The number of rotatable bonds is 2. The molecule has 1 fully saturated rings. The summed E-state index contributed by atoms with van der Waals surface area (Å²) in [4.78, 5) is 26.6. The maximum atomic E-state index is 11.5. The summed E-state index contributed by atoms with van der Waals surface area (Å²) in [6, 6.07) is 3.65. The van der Waals surface area contributed by atoms with Gasteiger partial charge in [-0.2, -0.15) is 0 Å². The van der Waals surface area contributed by atoms with Crippen molar-refractivity contribution in [2.45, 2.75) is 0 Å². The molecule has 21 heavy (non-hydrogen) atoms. The molecule has 8 nitrogen and oxygen atoms in total. The predicted octanol–water partition coefficient (Wildman–Crippen LogP) is -0.344. The topological polar surface area (TPSA) is 117 Å². The fraction of sp³-hybridized carbons (Fsp3) is 0.308. The largest absolute Gasteiger partial charge is 0.396 e. The standard InChI is InChI=1S/C13H17N7O/c14-9-2-1-3-16-11(9)19-4-6-20(7-5-19)12-10(15)13(21)18-8-17-12/h1-3,8H,4-7,14-15H2,(H,17,18,21). The highest BCUT2D eigenvalue weighted by Crippen LogP contribution is 2.23. The molecule has 0 amide bonds. The van der Waals surface area contributed by atoms with E-state index in [4.69, 9.17) is 11.5 Å². The highest BCUT2D eigenvalue weighted by Gasteiger charge is 2.22. The zero-order valence-electron chi connectivity index (χ0n) is 11.5.